The second kappa shape index (κ2) is 5.81. The van der Waals surface area contributed by atoms with Crippen LogP contribution < -0.4 is 0 Å². The summed E-state index contributed by atoms with van der Waals surface area (Å²) in [4.78, 5) is 25.3. The summed E-state index contributed by atoms with van der Waals surface area (Å²) < 4.78 is 0. The molecule has 0 aliphatic heterocycles. The van der Waals surface area contributed by atoms with E-state index in [0.717, 1.165) is 10.5 Å². The molecule has 1 N–H and O–H groups in total. The zero-order chi connectivity index (χ0) is 15.7. The first-order valence-electron chi connectivity index (χ1n) is 6.88. The first kappa shape index (κ1) is 14.6. The zero-order valence-corrected chi connectivity index (χ0v) is 12.8. The fourth-order valence-corrected chi connectivity index (χ4v) is 3.43. The lowest BCUT2D eigenvalue weighted by molar-refractivity contribution is -0.111. The number of carbonyl (C=O) groups excluding carboxylic acids is 2. The highest BCUT2D eigenvalue weighted by atomic mass is 32.2. The van der Waals surface area contributed by atoms with Gasteiger partial charge in [-0.2, -0.15) is 0 Å². The molecule has 110 valence electrons. The van der Waals surface area contributed by atoms with Gasteiger partial charge in [0.15, 0.2) is 0 Å². The lowest BCUT2D eigenvalue weighted by Crippen LogP contribution is -2.25. The Morgan fingerprint density at radius 3 is 2.41 bits per heavy atom. The molecule has 0 bridgehead atoms. The van der Waals surface area contributed by atoms with Crippen molar-refractivity contribution in [1.82, 2.24) is 0 Å². The molecule has 0 spiro atoms. The van der Waals surface area contributed by atoms with Gasteiger partial charge in [0.05, 0.1) is 5.57 Å². The van der Waals surface area contributed by atoms with Gasteiger partial charge in [-0.1, -0.05) is 42.0 Å². The molecular weight excluding hydrogens is 296 g/mol. The molecule has 2 aromatic rings. The van der Waals surface area contributed by atoms with Crippen molar-refractivity contribution in [3.63, 3.8) is 0 Å². The van der Waals surface area contributed by atoms with Gasteiger partial charge in [-0.15, -0.1) is 11.8 Å². The van der Waals surface area contributed by atoms with Crippen LogP contribution >= 0.6 is 11.8 Å². The Morgan fingerprint density at radius 2 is 1.68 bits per heavy atom. The second-order valence-electron chi connectivity index (χ2n) is 5.14. The summed E-state index contributed by atoms with van der Waals surface area (Å²) in [6.07, 6.45) is 0. The van der Waals surface area contributed by atoms with Crippen LogP contribution in [0.3, 0.4) is 0 Å². The Kier molecular flexibility index (Phi) is 3.86. The number of aliphatic hydroxyl groups is 1. The smallest absolute Gasteiger partial charge is 0.234 e. The van der Waals surface area contributed by atoms with Crippen molar-refractivity contribution in [2.75, 3.05) is 5.75 Å². The standard InChI is InChI=1S/C18H14O3S/c1-11-5-4-6-12(9-11)22-10-15-16(19)13-7-2-3-8-14(13)17(20)18(15)21/h2-9,19H,10H2,1H3. The van der Waals surface area contributed by atoms with Gasteiger partial charge in [0.25, 0.3) is 0 Å². The maximum Gasteiger partial charge on any atom is 0.234 e. The summed E-state index contributed by atoms with van der Waals surface area (Å²) in [5.74, 6) is -0.973. The van der Waals surface area contributed by atoms with Gasteiger partial charge in [-0.3, -0.25) is 9.59 Å². The molecule has 0 unspecified atom stereocenters. The van der Waals surface area contributed by atoms with Crippen molar-refractivity contribution in [3.8, 4) is 0 Å². The van der Waals surface area contributed by atoms with Crippen molar-refractivity contribution >= 4 is 29.1 Å². The van der Waals surface area contributed by atoms with Crippen LogP contribution in [-0.4, -0.2) is 22.4 Å². The average Bonchev–Trinajstić information content (AvgIpc) is 2.53. The fourth-order valence-electron chi connectivity index (χ4n) is 2.41. The summed E-state index contributed by atoms with van der Waals surface area (Å²) in [6, 6.07) is 14.5. The summed E-state index contributed by atoms with van der Waals surface area (Å²) in [5, 5.41) is 10.3. The van der Waals surface area contributed by atoms with E-state index in [1.807, 2.05) is 31.2 Å². The van der Waals surface area contributed by atoms with Crippen LogP contribution in [0.5, 0.6) is 0 Å². The third-order valence-electron chi connectivity index (χ3n) is 3.57. The highest BCUT2D eigenvalue weighted by molar-refractivity contribution is 7.99. The highest BCUT2D eigenvalue weighted by Gasteiger charge is 2.32. The summed E-state index contributed by atoms with van der Waals surface area (Å²) in [7, 11) is 0. The van der Waals surface area contributed by atoms with Crippen LogP contribution in [0.1, 0.15) is 21.5 Å². The number of Topliss-reactive ketones (excluding diaryl/α,β-unsaturated/α-hetero) is 2. The first-order valence-corrected chi connectivity index (χ1v) is 7.86. The maximum atomic E-state index is 12.2. The van der Waals surface area contributed by atoms with Gasteiger partial charge in [0.1, 0.15) is 5.76 Å². The molecule has 0 fully saturated rings. The Morgan fingerprint density at radius 1 is 0.955 bits per heavy atom. The summed E-state index contributed by atoms with van der Waals surface area (Å²) in [6.45, 7) is 1.99. The second-order valence-corrected chi connectivity index (χ2v) is 6.18. The SMILES string of the molecule is Cc1cccc(SCC2=C(O)c3ccccc3C(=O)C2=O)c1. The van der Waals surface area contributed by atoms with Crippen LogP contribution in [0.15, 0.2) is 59.0 Å². The van der Waals surface area contributed by atoms with Gasteiger partial charge < -0.3 is 5.11 Å². The van der Waals surface area contributed by atoms with Crippen molar-refractivity contribution in [2.45, 2.75) is 11.8 Å². The van der Waals surface area contributed by atoms with Crippen molar-refractivity contribution in [2.24, 2.45) is 0 Å². The van der Waals surface area contributed by atoms with E-state index in [4.69, 9.17) is 0 Å². The molecule has 1 aliphatic carbocycles. The molecule has 0 atom stereocenters. The number of aliphatic hydroxyl groups excluding tert-OH is 1. The van der Waals surface area contributed by atoms with E-state index in [1.165, 1.54) is 11.8 Å². The fraction of sp³-hybridized carbons (Fsp3) is 0.111. The quantitative estimate of drug-likeness (QED) is 0.691. The molecule has 3 rings (SSSR count). The number of aryl methyl sites for hydroxylation is 1. The van der Waals surface area contributed by atoms with E-state index in [0.29, 0.717) is 5.56 Å². The van der Waals surface area contributed by atoms with Gasteiger partial charge in [-0.25, -0.2) is 0 Å². The van der Waals surface area contributed by atoms with Crippen molar-refractivity contribution < 1.29 is 14.7 Å². The molecule has 22 heavy (non-hydrogen) atoms. The zero-order valence-electron chi connectivity index (χ0n) is 12.0. The number of fused-ring (bicyclic) bond motifs is 1. The molecule has 0 saturated carbocycles. The number of thioether (sulfide) groups is 1. The van der Waals surface area contributed by atoms with Crippen molar-refractivity contribution in [3.05, 3.63) is 70.8 Å². The molecule has 1 aliphatic rings. The molecule has 2 aromatic carbocycles. The van der Waals surface area contributed by atoms with Crippen LogP contribution in [0, 0.1) is 6.92 Å². The molecule has 0 saturated heterocycles. The Labute approximate surface area is 132 Å². The number of benzene rings is 2. The number of rotatable bonds is 3. The van der Waals surface area contributed by atoms with Crippen LogP contribution in [-0.2, 0) is 4.79 Å². The molecule has 0 heterocycles. The van der Waals surface area contributed by atoms with E-state index < -0.39 is 11.6 Å². The van der Waals surface area contributed by atoms with E-state index in [-0.39, 0.29) is 22.6 Å². The van der Waals surface area contributed by atoms with E-state index in [9.17, 15) is 14.7 Å². The number of hydrogen-bond acceptors (Lipinski definition) is 4. The molecule has 4 heteroatoms. The molecule has 0 aromatic heterocycles. The minimum absolute atomic E-state index is 0.0830. The van der Waals surface area contributed by atoms with Crippen LogP contribution in [0.2, 0.25) is 0 Å². The maximum absolute atomic E-state index is 12.2. The van der Waals surface area contributed by atoms with Gasteiger partial charge in [0, 0.05) is 21.8 Å². The third kappa shape index (κ3) is 2.57. The third-order valence-corrected chi connectivity index (χ3v) is 4.59. The van der Waals surface area contributed by atoms with Crippen LogP contribution in [0.25, 0.3) is 5.76 Å². The predicted octanol–water partition coefficient (Wildman–Crippen LogP) is 3.82. The molecule has 0 radical (unpaired) electrons. The van der Waals surface area contributed by atoms with E-state index in [1.54, 1.807) is 24.3 Å². The number of hydrogen-bond donors (Lipinski definition) is 1. The van der Waals surface area contributed by atoms with Gasteiger partial charge >= 0.3 is 0 Å². The average molecular weight is 310 g/mol. The lowest BCUT2D eigenvalue weighted by atomic mass is 9.89. The van der Waals surface area contributed by atoms with Crippen molar-refractivity contribution in [1.29, 1.82) is 0 Å². The lowest BCUT2D eigenvalue weighted by Gasteiger charge is -2.17. The number of ketones is 2. The van der Waals surface area contributed by atoms with E-state index >= 15 is 0 Å². The number of carbonyl (C=O) groups is 2. The van der Waals surface area contributed by atoms with Gasteiger partial charge in [-0.05, 0) is 19.1 Å². The monoisotopic (exact) mass is 310 g/mol. The first-order chi connectivity index (χ1) is 10.6. The van der Waals surface area contributed by atoms with Gasteiger partial charge in [0.2, 0.25) is 11.6 Å². The minimum Gasteiger partial charge on any atom is -0.507 e. The summed E-state index contributed by atoms with van der Waals surface area (Å²) >= 11 is 1.43. The molecule has 3 nitrogen and oxygen atoms in total. The minimum atomic E-state index is -0.614. The van der Waals surface area contributed by atoms with Crippen LogP contribution in [0.4, 0.5) is 0 Å². The normalized spacial score (nSPS) is 14.2. The Bertz CT molecular complexity index is 805. The largest absolute Gasteiger partial charge is 0.507 e. The van der Waals surface area contributed by atoms with E-state index in [2.05, 4.69) is 0 Å². The molecular formula is C18H14O3S. The Hall–Kier alpha value is -2.33. The highest BCUT2D eigenvalue weighted by Crippen LogP contribution is 2.31. The predicted molar refractivity (Wildman–Crippen MR) is 87.2 cm³/mol. The molecule has 0 amide bonds. The topological polar surface area (TPSA) is 54.4 Å². The summed E-state index contributed by atoms with van der Waals surface area (Å²) in [5.41, 5.74) is 2.01. The Balaban J connectivity index is 1.92.